The van der Waals surface area contributed by atoms with Crippen molar-refractivity contribution in [1.29, 1.82) is 0 Å². The van der Waals surface area contributed by atoms with Crippen molar-refractivity contribution >= 4 is 11.6 Å². The van der Waals surface area contributed by atoms with Crippen LogP contribution in [0.2, 0.25) is 0 Å². The molecular formula is C15H20N2O4. The first kappa shape index (κ1) is 15.4. The van der Waals surface area contributed by atoms with Gasteiger partial charge in [-0.1, -0.05) is 0 Å². The van der Waals surface area contributed by atoms with Gasteiger partial charge in [0.1, 0.15) is 0 Å². The lowest BCUT2D eigenvalue weighted by Crippen LogP contribution is -2.40. The number of benzene rings is 1. The Morgan fingerprint density at radius 3 is 2.90 bits per heavy atom. The van der Waals surface area contributed by atoms with Crippen molar-refractivity contribution in [3.8, 4) is 0 Å². The predicted octanol–water partition coefficient (Wildman–Crippen LogP) is 2.14. The molecule has 0 aromatic heterocycles. The van der Waals surface area contributed by atoms with Crippen LogP contribution in [0.3, 0.4) is 0 Å². The highest BCUT2D eigenvalue weighted by Gasteiger charge is 2.25. The molecule has 6 nitrogen and oxygen atoms in total. The molecule has 1 fully saturated rings. The van der Waals surface area contributed by atoms with Crippen LogP contribution in [0, 0.1) is 23.0 Å². The molecule has 21 heavy (non-hydrogen) atoms. The number of hydrogen-bond donors (Lipinski definition) is 1. The Morgan fingerprint density at radius 1 is 1.48 bits per heavy atom. The lowest BCUT2D eigenvalue weighted by molar-refractivity contribution is -0.384. The van der Waals surface area contributed by atoms with Crippen LogP contribution in [0.1, 0.15) is 35.2 Å². The number of nitro groups is 1. The molecule has 1 unspecified atom stereocenters. The summed E-state index contributed by atoms with van der Waals surface area (Å²) in [5, 5.41) is 19.9. The SMILES string of the molecule is Cc1cc(C(=O)N2CCCC(CCO)C2)cc([N+](=O)[O-])c1. The van der Waals surface area contributed by atoms with Gasteiger partial charge in [-0.3, -0.25) is 14.9 Å². The molecule has 1 aromatic carbocycles. The van der Waals surface area contributed by atoms with Crippen LogP contribution in [-0.2, 0) is 0 Å². The summed E-state index contributed by atoms with van der Waals surface area (Å²) < 4.78 is 0. The maximum atomic E-state index is 12.5. The van der Waals surface area contributed by atoms with E-state index in [2.05, 4.69) is 0 Å². The number of nitro benzene ring substituents is 1. The minimum atomic E-state index is -0.478. The number of amides is 1. The van der Waals surface area contributed by atoms with Gasteiger partial charge in [0, 0.05) is 37.4 Å². The molecule has 0 bridgehead atoms. The molecule has 1 atom stereocenters. The summed E-state index contributed by atoms with van der Waals surface area (Å²) in [6.07, 6.45) is 2.61. The first-order valence-electron chi connectivity index (χ1n) is 7.17. The number of carbonyl (C=O) groups is 1. The smallest absolute Gasteiger partial charge is 0.270 e. The van der Waals surface area contributed by atoms with E-state index in [4.69, 9.17) is 5.11 Å². The zero-order valence-electron chi connectivity index (χ0n) is 12.1. The van der Waals surface area contributed by atoms with Crippen LogP contribution in [0.25, 0.3) is 0 Å². The Hall–Kier alpha value is -1.95. The lowest BCUT2D eigenvalue weighted by Gasteiger charge is -2.32. The van der Waals surface area contributed by atoms with Crippen molar-refractivity contribution in [1.82, 2.24) is 4.90 Å². The summed E-state index contributed by atoms with van der Waals surface area (Å²) in [6, 6.07) is 4.48. The number of nitrogens with zero attached hydrogens (tertiary/aromatic N) is 2. The van der Waals surface area contributed by atoms with E-state index >= 15 is 0 Å². The Morgan fingerprint density at radius 2 is 2.24 bits per heavy atom. The van der Waals surface area contributed by atoms with Crippen molar-refractivity contribution < 1.29 is 14.8 Å². The highest BCUT2D eigenvalue weighted by atomic mass is 16.6. The summed E-state index contributed by atoms with van der Waals surface area (Å²) in [7, 11) is 0. The van der Waals surface area contributed by atoms with Gasteiger partial charge in [-0.15, -0.1) is 0 Å². The van der Waals surface area contributed by atoms with E-state index in [1.807, 2.05) is 0 Å². The Labute approximate surface area is 123 Å². The van der Waals surface area contributed by atoms with E-state index in [1.54, 1.807) is 17.9 Å². The number of rotatable bonds is 4. The lowest BCUT2D eigenvalue weighted by atomic mass is 9.94. The summed E-state index contributed by atoms with van der Waals surface area (Å²) in [4.78, 5) is 24.7. The standard InChI is InChI=1S/C15H20N2O4/c1-11-7-13(9-14(8-11)17(20)21)15(19)16-5-2-3-12(10-16)4-6-18/h7-9,12,18H,2-6,10H2,1H3. The van der Waals surface area contributed by atoms with E-state index in [9.17, 15) is 14.9 Å². The summed E-state index contributed by atoms with van der Waals surface area (Å²) >= 11 is 0. The first-order valence-corrected chi connectivity index (χ1v) is 7.17. The molecule has 114 valence electrons. The number of aliphatic hydroxyl groups is 1. The molecule has 2 rings (SSSR count). The second-order valence-electron chi connectivity index (χ2n) is 5.59. The number of aliphatic hydroxyl groups excluding tert-OH is 1. The van der Waals surface area contributed by atoms with Crippen LogP contribution < -0.4 is 0 Å². The summed E-state index contributed by atoms with van der Waals surface area (Å²) in [5.74, 6) is 0.150. The normalized spacial score (nSPS) is 18.6. The fourth-order valence-electron chi connectivity index (χ4n) is 2.84. The Balaban J connectivity index is 2.17. The number of aryl methyl sites for hydroxylation is 1. The van der Waals surface area contributed by atoms with Gasteiger partial charge in [-0.2, -0.15) is 0 Å². The second-order valence-corrected chi connectivity index (χ2v) is 5.59. The largest absolute Gasteiger partial charge is 0.396 e. The predicted molar refractivity (Wildman–Crippen MR) is 78.2 cm³/mol. The molecule has 1 N–H and O–H groups in total. The van der Waals surface area contributed by atoms with E-state index < -0.39 is 4.92 Å². The highest BCUT2D eigenvalue weighted by molar-refractivity contribution is 5.95. The van der Waals surface area contributed by atoms with Crippen molar-refractivity contribution in [3.05, 3.63) is 39.4 Å². The van der Waals surface area contributed by atoms with Crippen LogP contribution in [0.5, 0.6) is 0 Å². The zero-order valence-corrected chi connectivity index (χ0v) is 12.1. The maximum Gasteiger partial charge on any atom is 0.270 e. The van der Waals surface area contributed by atoms with Crippen LogP contribution in [0.15, 0.2) is 18.2 Å². The van der Waals surface area contributed by atoms with E-state index in [1.165, 1.54) is 12.1 Å². The highest BCUT2D eigenvalue weighted by Crippen LogP contribution is 2.23. The number of piperidine rings is 1. The number of non-ortho nitro benzene ring substituents is 1. The molecule has 0 radical (unpaired) electrons. The first-order chi connectivity index (χ1) is 10.0. The fraction of sp³-hybridized carbons (Fsp3) is 0.533. The molecule has 1 aliphatic heterocycles. The Kier molecular flexibility index (Phi) is 4.90. The molecule has 1 aliphatic rings. The van der Waals surface area contributed by atoms with Crippen molar-refractivity contribution in [3.63, 3.8) is 0 Å². The molecular weight excluding hydrogens is 272 g/mol. The molecule has 0 spiro atoms. The van der Waals surface area contributed by atoms with Gasteiger partial charge in [0.25, 0.3) is 11.6 Å². The van der Waals surface area contributed by atoms with Gasteiger partial charge >= 0.3 is 0 Å². The van der Waals surface area contributed by atoms with Gasteiger partial charge in [-0.25, -0.2) is 0 Å². The minimum Gasteiger partial charge on any atom is -0.396 e. The Bertz CT molecular complexity index is 542. The van der Waals surface area contributed by atoms with Gasteiger partial charge in [0.15, 0.2) is 0 Å². The number of likely N-dealkylation sites (tertiary alicyclic amines) is 1. The molecule has 1 amide bonds. The quantitative estimate of drug-likeness (QED) is 0.680. The third-order valence-corrected chi connectivity index (χ3v) is 3.86. The summed E-state index contributed by atoms with van der Waals surface area (Å²) in [5.41, 5.74) is 1.02. The van der Waals surface area contributed by atoms with Gasteiger partial charge in [0.05, 0.1) is 4.92 Å². The average Bonchev–Trinajstić information content (AvgIpc) is 2.46. The third kappa shape index (κ3) is 3.78. The van der Waals surface area contributed by atoms with Crippen LogP contribution >= 0.6 is 0 Å². The van der Waals surface area contributed by atoms with E-state index in [-0.39, 0.29) is 18.2 Å². The molecule has 0 saturated carbocycles. The third-order valence-electron chi connectivity index (χ3n) is 3.86. The second kappa shape index (κ2) is 6.67. The number of carbonyl (C=O) groups excluding carboxylic acids is 1. The van der Waals surface area contributed by atoms with Gasteiger partial charge < -0.3 is 10.0 Å². The molecule has 1 saturated heterocycles. The van der Waals surface area contributed by atoms with Crippen molar-refractivity contribution in [2.24, 2.45) is 5.92 Å². The molecule has 6 heteroatoms. The van der Waals surface area contributed by atoms with E-state index in [0.717, 1.165) is 12.8 Å². The van der Waals surface area contributed by atoms with Gasteiger partial charge in [-0.05, 0) is 43.7 Å². The van der Waals surface area contributed by atoms with Crippen LogP contribution in [-0.4, -0.2) is 40.5 Å². The van der Waals surface area contributed by atoms with Crippen molar-refractivity contribution in [2.75, 3.05) is 19.7 Å². The monoisotopic (exact) mass is 292 g/mol. The molecule has 1 heterocycles. The van der Waals surface area contributed by atoms with Crippen molar-refractivity contribution in [2.45, 2.75) is 26.2 Å². The molecule has 0 aliphatic carbocycles. The summed E-state index contributed by atoms with van der Waals surface area (Å²) in [6.45, 7) is 3.15. The maximum absolute atomic E-state index is 12.5. The number of hydrogen-bond acceptors (Lipinski definition) is 4. The average molecular weight is 292 g/mol. The fourth-order valence-corrected chi connectivity index (χ4v) is 2.84. The topological polar surface area (TPSA) is 83.7 Å². The van der Waals surface area contributed by atoms with E-state index in [0.29, 0.717) is 36.6 Å². The molecule has 1 aromatic rings. The van der Waals surface area contributed by atoms with Gasteiger partial charge in [0.2, 0.25) is 0 Å². The zero-order chi connectivity index (χ0) is 15.4. The minimum absolute atomic E-state index is 0.0535. The van der Waals surface area contributed by atoms with Crippen LogP contribution in [0.4, 0.5) is 5.69 Å².